The van der Waals surface area contributed by atoms with Crippen molar-refractivity contribution in [2.75, 3.05) is 39.8 Å². The fourth-order valence-corrected chi connectivity index (χ4v) is 4.25. The zero-order chi connectivity index (χ0) is 24.2. The van der Waals surface area contributed by atoms with Crippen molar-refractivity contribution in [1.29, 1.82) is 0 Å². The van der Waals surface area contributed by atoms with Crippen LogP contribution in [0.3, 0.4) is 0 Å². The molecule has 1 aliphatic rings. The first-order chi connectivity index (χ1) is 16.4. The van der Waals surface area contributed by atoms with Crippen molar-refractivity contribution in [2.45, 2.75) is 26.8 Å². The molecule has 0 spiro atoms. The van der Waals surface area contributed by atoms with Crippen molar-refractivity contribution in [1.82, 2.24) is 19.4 Å². The van der Waals surface area contributed by atoms with Gasteiger partial charge < -0.3 is 19.8 Å². The van der Waals surface area contributed by atoms with E-state index in [1.165, 1.54) is 17.8 Å². The van der Waals surface area contributed by atoms with Crippen LogP contribution in [0, 0.1) is 0 Å². The van der Waals surface area contributed by atoms with E-state index in [4.69, 9.17) is 4.74 Å². The Hall–Kier alpha value is -3.36. The third kappa shape index (κ3) is 4.93. The summed E-state index contributed by atoms with van der Waals surface area (Å²) in [6, 6.07) is 11.0. The summed E-state index contributed by atoms with van der Waals surface area (Å²) >= 11 is 0. The van der Waals surface area contributed by atoms with Gasteiger partial charge in [-0.25, -0.2) is 9.78 Å². The molecule has 2 heterocycles. The summed E-state index contributed by atoms with van der Waals surface area (Å²) in [5.41, 5.74) is 3.32. The molecule has 0 unspecified atom stereocenters. The molecule has 34 heavy (non-hydrogen) atoms. The molecule has 0 bridgehead atoms. The van der Waals surface area contributed by atoms with Gasteiger partial charge in [-0.3, -0.25) is 9.47 Å². The van der Waals surface area contributed by atoms with Gasteiger partial charge in [0.15, 0.2) is 5.69 Å². The van der Waals surface area contributed by atoms with E-state index >= 15 is 0 Å². The summed E-state index contributed by atoms with van der Waals surface area (Å²) in [7, 11) is 2.14. The molecule has 4 rings (SSSR count). The first kappa shape index (κ1) is 23.8. The average molecular weight is 465 g/mol. The number of piperazine rings is 1. The van der Waals surface area contributed by atoms with Crippen molar-refractivity contribution in [2.24, 2.45) is 0 Å². The molecule has 0 atom stereocenters. The number of phenols is 2. The van der Waals surface area contributed by atoms with Gasteiger partial charge in [-0.05, 0) is 49.7 Å². The van der Waals surface area contributed by atoms with Crippen molar-refractivity contribution >= 4 is 5.97 Å². The SMILES string of the molecule is CCOC(=O)c1cnc(-c2cc(CC)c(O)cc2O)n1-c1ccc(CN2CCN(C)CC2)cc1. The van der Waals surface area contributed by atoms with Crippen LogP contribution >= 0.6 is 0 Å². The van der Waals surface area contributed by atoms with Gasteiger partial charge in [0.2, 0.25) is 0 Å². The number of ether oxygens (including phenoxy) is 1. The van der Waals surface area contributed by atoms with Gasteiger partial charge >= 0.3 is 5.97 Å². The lowest BCUT2D eigenvalue weighted by Crippen LogP contribution is -2.43. The van der Waals surface area contributed by atoms with Gasteiger partial charge in [0.05, 0.1) is 18.4 Å². The summed E-state index contributed by atoms with van der Waals surface area (Å²) in [5, 5.41) is 20.7. The number of esters is 1. The molecule has 8 heteroatoms. The fraction of sp³-hybridized carbons (Fsp3) is 0.385. The minimum absolute atomic E-state index is 0.0285. The molecule has 1 saturated heterocycles. The Balaban J connectivity index is 1.71. The third-order valence-corrected chi connectivity index (χ3v) is 6.26. The van der Waals surface area contributed by atoms with Crippen molar-refractivity contribution in [3.8, 4) is 28.6 Å². The highest BCUT2D eigenvalue weighted by Crippen LogP contribution is 2.36. The van der Waals surface area contributed by atoms with Crippen LogP contribution in [0.15, 0.2) is 42.6 Å². The Kier molecular flexibility index (Phi) is 7.19. The molecular formula is C26H32N4O4. The highest BCUT2D eigenvalue weighted by molar-refractivity contribution is 5.89. The summed E-state index contributed by atoms with van der Waals surface area (Å²) in [6.07, 6.45) is 2.05. The van der Waals surface area contributed by atoms with E-state index in [-0.39, 0.29) is 23.8 Å². The van der Waals surface area contributed by atoms with E-state index in [2.05, 4.69) is 34.0 Å². The summed E-state index contributed by atoms with van der Waals surface area (Å²) < 4.78 is 6.95. The number of nitrogens with zero attached hydrogens (tertiary/aromatic N) is 4. The molecule has 2 aromatic carbocycles. The topological polar surface area (TPSA) is 91.1 Å². The van der Waals surface area contributed by atoms with Gasteiger partial charge in [0.25, 0.3) is 0 Å². The van der Waals surface area contributed by atoms with E-state index < -0.39 is 5.97 Å². The molecule has 0 saturated carbocycles. The minimum Gasteiger partial charge on any atom is -0.508 e. The molecule has 1 fully saturated rings. The number of hydrogen-bond acceptors (Lipinski definition) is 7. The van der Waals surface area contributed by atoms with E-state index in [0.29, 0.717) is 23.4 Å². The molecule has 1 aliphatic heterocycles. The van der Waals surface area contributed by atoms with Crippen LogP contribution in [0.4, 0.5) is 0 Å². The number of phenolic OH excluding ortho intramolecular Hbond substituents is 2. The number of carbonyl (C=O) groups is 1. The van der Waals surface area contributed by atoms with Gasteiger partial charge in [0.1, 0.15) is 17.3 Å². The van der Waals surface area contributed by atoms with E-state index in [1.807, 2.05) is 19.1 Å². The number of rotatable bonds is 7. The Bertz CT molecular complexity index is 1150. The number of hydrogen-bond donors (Lipinski definition) is 2. The summed E-state index contributed by atoms with van der Waals surface area (Å²) in [4.78, 5) is 21.9. The number of aryl methyl sites for hydroxylation is 1. The first-order valence-corrected chi connectivity index (χ1v) is 11.7. The fourth-order valence-electron chi connectivity index (χ4n) is 4.25. The zero-order valence-electron chi connectivity index (χ0n) is 20.0. The van der Waals surface area contributed by atoms with Gasteiger partial charge in [-0.1, -0.05) is 19.1 Å². The van der Waals surface area contributed by atoms with Crippen molar-refractivity contribution < 1.29 is 19.7 Å². The quantitative estimate of drug-likeness (QED) is 0.518. The number of imidazole rings is 1. The zero-order valence-corrected chi connectivity index (χ0v) is 20.0. The number of carbonyl (C=O) groups excluding carboxylic acids is 1. The van der Waals surface area contributed by atoms with Crippen LogP contribution in [0.1, 0.15) is 35.5 Å². The molecule has 0 aliphatic carbocycles. The van der Waals surface area contributed by atoms with Crippen LogP contribution in [0.5, 0.6) is 11.5 Å². The molecular weight excluding hydrogens is 432 g/mol. The van der Waals surface area contributed by atoms with Crippen LogP contribution in [-0.4, -0.2) is 75.4 Å². The second kappa shape index (κ2) is 10.3. The third-order valence-electron chi connectivity index (χ3n) is 6.26. The second-order valence-corrected chi connectivity index (χ2v) is 8.62. The van der Waals surface area contributed by atoms with Gasteiger partial charge in [-0.2, -0.15) is 0 Å². The largest absolute Gasteiger partial charge is 0.508 e. The Morgan fingerprint density at radius 3 is 2.38 bits per heavy atom. The molecule has 3 aromatic rings. The Morgan fingerprint density at radius 1 is 1.03 bits per heavy atom. The molecule has 2 N–H and O–H groups in total. The normalized spacial score (nSPS) is 14.9. The lowest BCUT2D eigenvalue weighted by Gasteiger charge is -2.32. The van der Waals surface area contributed by atoms with Crippen molar-refractivity contribution in [3.05, 3.63) is 59.4 Å². The maximum absolute atomic E-state index is 12.7. The molecule has 180 valence electrons. The average Bonchev–Trinajstić information content (AvgIpc) is 3.26. The monoisotopic (exact) mass is 464 g/mol. The van der Waals surface area contributed by atoms with E-state index in [1.54, 1.807) is 17.6 Å². The minimum atomic E-state index is -0.489. The highest BCUT2D eigenvalue weighted by atomic mass is 16.5. The maximum atomic E-state index is 12.7. The number of aromatic nitrogens is 2. The van der Waals surface area contributed by atoms with Crippen molar-refractivity contribution in [3.63, 3.8) is 0 Å². The maximum Gasteiger partial charge on any atom is 0.356 e. The molecule has 8 nitrogen and oxygen atoms in total. The van der Waals surface area contributed by atoms with E-state index in [9.17, 15) is 15.0 Å². The number of aromatic hydroxyl groups is 2. The van der Waals surface area contributed by atoms with Crippen LogP contribution < -0.4 is 0 Å². The number of likely N-dealkylation sites (N-methyl/N-ethyl adjacent to an activating group) is 1. The second-order valence-electron chi connectivity index (χ2n) is 8.62. The predicted octanol–water partition coefficient (Wildman–Crippen LogP) is 3.44. The Morgan fingerprint density at radius 2 is 1.74 bits per heavy atom. The smallest absolute Gasteiger partial charge is 0.356 e. The number of benzene rings is 2. The Labute approximate surface area is 200 Å². The summed E-state index contributed by atoms with van der Waals surface area (Å²) in [6.45, 7) is 9.00. The van der Waals surface area contributed by atoms with Crippen LogP contribution in [0.2, 0.25) is 0 Å². The lowest BCUT2D eigenvalue weighted by molar-refractivity contribution is 0.0517. The standard InChI is InChI=1S/C26H32N4O4/c1-4-19-14-21(24(32)15-23(19)31)25-27-16-22(26(33)34-5-2)30(25)20-8-6-18(7-9-20)17-29-12-10-28(3)11-13-29/h6-9,14-16,31-32H,4-5,10-13,17H2,1-3H3. The van der Waals surface area contributed by atoms with E-state index in [0.717, 1.165) is 38.4 Å². The molecule has 0 radical (unpaired) electrons. The van der Waals surface area contributed by atoms with Gasteiger partial charge in [0, 0.05) is 44.5 Å². The summed E-state index contributed by atoms with van der Waals surface area (Å²) in [5.74, 6) is -0.164. The molecule has 0 amide bonds. The highest BCUT2D eigenvalue weighted by Gasteiger charge is 2.23. The van der Waals surface area contributed by atoms with Gasteiger partial charge in [-0.15, -0.1) is 0 Å². The van der Waals surface area contributed by atoms with Crippen LogP contribution in [-0.2, 0) is 17.7 Å². The van der Waals surface area contributed by atoms with Crippen LogP contribution in [0.25, 0.3) is 17.1 Å². The predicted molar refractivity (Wildman–Crippen MR) is 130 cm³/mol. The first-order valence-electron chi connectivity index (χ1n) is 11.7. The molecule has 1 aromatic heterocycles. The lowest BCUT2D eigenvalue weighted by atomic mass is 10.1.